The van der Waals surface area contributed by atoms with Crippen molar-refractivity contribution in [2.24, 2.45) is 0 Å². The quantitative estimate of drug-likeness (QED) is 0.245. The van der Waals surface area contributed by atoms with Gasteiger partial charge in [0, 0.05) is 32.2 Å². The van der Waals surface area contributed by atoms with Crippen LogP contribution in [0, 0.1) is 13.8 Å². The topological polar surface area (TPSA) is 153 Å². The second-order valence-electron chi connectivity index (χ2n) is 7.85. The number of tetrazole rings is 1. The van der Waals surface area contributed by atoms with Crippen molar-refractivity contribution in [3.8, 4) is 17.3 Å². The molecule has 1 aromatic carbocycles. The van der Waals surface area contributed by atoms with Crippen molar-refractivity contribution >= 4 is 28.5 Å². The van der Waals surface area contributed by atoms with E-state index in [0.29, 0.717) is 4.68 Å². The van der Waals surface area contributed by atoms with Crippen LogP contribution in [-0.4, -0.2) is 94.6 Å². The van der Waals surface area contributed by atoms with E-state index >= 15 is 0 Å². The number of methoxy groups -OCH3 is 1. The molecule has 39 heavy (non-hydrogen) atoms. The number of hydrogen-bond acceptors (Lipinski definition) is 10. The molecule has 0 aliphatic carbocycles. The molecule has 14 nitrogen and oxygen atoms in total. The fraction of sp³-hybridized carbons (Fsp3) is 0.280. The Morgan fingerprint density at radius 1 is 1.13 bits per heavy atom. The highest BCUT2D eigenvalue weighted by atomic mass is 16.5. The lowest BCUT2D eigenvalue weighted by molar-refractivity contribution is -0.126. The van der Waals surface area contributed by atoms with E-state index in [4.69, 9.17) is 25.3 Å². The van der Waals surface area contributed by atoms with Gasteiger partial charge in [-0.25, -0.2) is 14.6 Å². The molecule has 0 spiro atoms. The summed E-state index contributed by atoms with van der Waals surface area (Å²) in [5.41, 5.74) is -1.68. The van der Waals surface area contributed by atoms with Crippen LogP contribution < -0.4 is 9.64 Å². The monoisotopic (exact) mass is 542 g/mol. The highest BCUT2D eigenvalue weighted by molar-refractivity contribution is 6.45. The number of amides is 1. The molecule has 1 aliphatic rings. The van der Waals surface area contributed by atoms with Gasteiger partial charge in [0.1, 0.15) is 17.9 Å². The number of fused-ring (bicyclic) bond motifs is 1. The minimum atomic E-state index is -3.98. The van der Waals surface area contributed by atoms with Gasteiger partial charge in [-0.2, -0.15) is 9.78 Å². The molecule has 5 aromatic rings. The number of nitrogens with zero attached hydrogens (tertiary/aromatic N) is 10. The summed E-state index contributed by atoms with van der Waals surface area (Å²) in [7, 11) is -3.13. The third kappa shape index (κ3) is 4.24. The van der Waals surface area contributed by atoms with Crippen LogP contribution in [0.2, 0.25) is 0 Å². The van der Waals surface area contributed by atoms with Crippen LogP contribution in [0.25, 0.3) is 22.4 Å². The number of Topliss-reactive ketones (excluding diaryl/α,β-unsaturated/α-hetero) is 1. The van der Waals surface area contributed by atoms with E-state index < -0.39 is 102 Å². The third-order valence-corrected chi connectivity index (χ3v) is 5.38. The van der Waals surface area contributed by atoms with Gasteiger partial charge < -0.3 is 19.5 Å². The van der Waals surface area contributed by atoms with Crippen LogP contribution in [0.5, 0.6) is 5.75 Å². The first-order valence-corrected chi connectivity index (χ1v) is 10.9. The number of aromatic nitrogens is 9. The average Bonchev–Trinajstić information content (AvgIpc) is 3.82. The van der Waals surface area contributed by atoms with Crippen molar-refractivity contribution < 1.29 is 34.9 Å². The van der Waals surface area contributed by atoms with Crippen molar-refractivity contribution in [3.05, 3.63) is 59.8 Å². The van der Waals surface area contributed by atoms with Gasteiger partial charge in [-0.05, 0) is 36.4 Å². The number of piperazine rings is 1. The van der Waals surface area contributed by atoms with E-state index in [9.17, 15) is 9.59 Å². The second kappa shape index (κ2) is 9.63. The molecule has 198 valence electrons. The molecule has 0 radical (unpaired) electrons. The number of ketones is 1. The summed E-state index contributed by atoms with van der Waals surface area (Å²) >= 11 is 0. The first-order chi connectivity index (χ1) is 24.8. The maximum Gasteiger partial charge on any atom is 0.295 e. The zero-order chi connectivity index (χ0) is 40.2. The van der Waals surface area contributed by atoms with Crippen molar-refractivity contribution in [1.82, 2.24) is 49.8 Å². The van der Waals surface area contributed by atoms with E-state index in [1.165, 1.54) is 13.3 Å². The van der Waals surface area contributed by atoms with Crippen molar-refractivity contribution in [2.75, 3.05) is 37.9 Å². The number of ether oxygens (including phenoxy) is 1. The maximum atomic E-state index is 14.1. The zero-order valence-corrected chi connectivity index (χ0v) is 19.9. The number of H-pyrrole nitrogens is 1. The largest absolute Gasteiger partial charge is 0.494 e. The van der Waals surface area contributed by atoms with Crippen molar-refractivity contribution in [3.63, 3.8) is 0 Å². The van der Waals surface area contributed by atoms with Gasteiger partial charge in [-0.1, -0.05) is 22.7 Å². The minimum absolute atomic E-state index is 0.0741. The Morgan fingerprint density at radius 2 is 1.92 bits per heavy atom. The van der Waals surface area contributed by atoms with E-state index in [0.717, 1.165) is 17.1 Å². The summed E-state index contributed by atoms with van der Waals surface area (Å²) in [5, 5.41) is 14.1. The lowest BCUT2D eigenvalue weighted by atomic mass is 10.1. The van der Waals surface area contributed by atoms with Gasteiger partial charge >= 0.3 is 0 Å². The molecule has 1 fully saturated rings. The number of aryl methyl sites for hydroxylation is 1. The molecule has 0 bridgehead atoms. The zero-order valence-electron chi connectivity index (χ0n) is 34.9. The van der Waals surface area contributed by atoms with Crippen LogP contribution in [-0.2, 0) is 4.79 Å². The summed E-state index contributed by atoms with van der Waals surface area (Å²) in [6.07, 6.45) is 3.00. The van der Waals surface area contributed by atoms with Crippen LogP contribution >= 0.6 is 0 Å². The minimum Gasteiger partial charge on any atom is -0.494 e. The van der Waals surface area contributed by atoms with E-state index in [1.807, 2.05) is 0 Å². The fourth-order valence-corrected chi connectivity index (χ4v) is 3.60. The first kappa shape index (κ1) is 12.6. The van der Waals surface area contributed by atoms with Crippen LogP contribution in [0.4, 0.5) is 5.95 Å². The molecule has 0 unspecified atom stereocenters. The first-order valence-electron chi connectivity index (χ1n) is 18.4. The van der Waals surface area contributed by atoms with Gasteiger partial charge in [0.25, 0.3) is 11.7 Å². The molecule has 1 N–H and O–H groups in total. The number of rotatable bonds is 6. The van der Waals surface area contributed by atoms with Crippen LogP contribution in [0.1, 0.15) is 42.3 Å². The molecule has 0 saturated carbocycles. The van der Waals surface area contributed by atoms with Gasteiger partial charge in [0.05, 0.1) is 55.9 Å². The Hall–Kier alpha value is -5.14. The summed E-state index contributed by atoms with van der Waals surface area (Å²) in [6, 6.07) is -2.65. The number of carbonyl (C=O) groups excluding carboxylic acids is 2. The summed E-state index contributed by atoms with van der Waals surface area (Å²) < 4.78 is 133. The number of pyridine rings is 1. The molecule has 1 amide bonds. The molecule has 6 rings (SSSR count). The van der Waals surface area contributed by atoms with E-state index in [-0.39, 0.29) is 27.6 Å². The van der Waals surface area contributed by atoms with E-state index in [1.54, 1.807) is 6.92 Å². The van der Waals surface area contributed by atoms with Crippen molar-refractivity contribution in [2.45, 2.75) is 13.8 Å². The van der Waals surface area contributed by atoms with Crippen LogP contribution in [0.15, 0.2) is 42.9 Å². The van der Waals surface area contributed by atoms with Gasteiger partial charge in [0.15, 0.2) is 5.82 Å². The van der Waals surface area contributed by atoms with Gasteiger partial charge in [0.2, 0.25) is 5.95 Å². The number of benzene rings is 1. The Labute approximate surface area is 243 Å². The molecule has 0 atom stereocenters. The maximum absolute atomic E-state index is 14.1. The third-order valence-electron chi connectivity index (χ3n) is 5.38. The highest BCUT2D eigenvalue weighted by Gasteiger charge is 2.31. The Kier molecular flexibility index (Phi) is 3.11. The molecule has 4 aromatic heterocycles. The molecule has 1 aliphatic heterocycles. The van der Waals surface area contributed by atoms with Crippen molar-refractivity contribution in [1.29, 1.82) is 0 Å². The predicted octanol–water partition coefficient (Wildman–Crippen LogP) is 1.28. The molecule has 1 saturated heterocycles. The lowest BCUT2D eigenvalue weighted by Crippen LogP contribution is -2.51. The normalized spacial score (nSPS) is 24.8. The standard InChI is InChI=1S/C25H25N11O3/c1-15-4-6-17(7-5-15)36-25(29-31-32-36)34-10-8-33(9-11-34)24(38)22(37)18-12-26-21-20(18)19(39-3)13-27-23(21)35-14-28-16(2)30-35/h4-7,12-14,26H,8-11H2,1-3H3/i3D3,4D,5D,6D,7D,8D2,9D2,10D2,11D2. The molecule has 14 heteroatoms. The Bertz CT molecular complexity index is 2310. The number of hydrogen-bond donors (Lipinski definition) is 1. The van der Waals surface area contributed by atoms with Gasteiger partial charge in [-0.3, -0.25) is 9.59 Å². The SMILES string of the molecule is [2H]c1c([2H])c(-n2nnnc2N2C([2H])([2H])C([2H])([2H])N(C(=O)C(=O)c3c[nH]c4c(-n5cnc(C)n5)ncc(OC([2H])([2H])[2H])c34)C([2H])([2H])C2([2H])[2H])c([2H])c([2H])c1C. The lowest BCUT2D eigenvalue weighted by Gasteiger charge is -2.34. The second-order valence-corrected chi connectivity index (χ2v) is 7.85. The summed E-state index contributed by atoms with van der Waals surface area (Å²) in [5.74, 6) is -5.38. The number of nitrogens with one attached hydrogen (secondary N) is 1. The highest BCUT2D eigenvalue weighted by Crippen LogP contribution is 2.32. The Morgan fingerprint density at radius 3 is 2.64 bits per heavy atom. The Balaban J connectivity index is 1.49. The number of anilines is 1. The number of carbonyl (C=O) groups is 2. The predicted molar refractivity (Wildman–Crippen MR) is 139 cm³/mol. The summed E-state index contributed by atoms with van der Waals surface area (Å²) in [6.45, 7) is -12.9. The number of aromatic amines is 1. The summed E-state index contributed by atoms with van der Waals surface area (Å²) in [4.78, 5) is 38.1. The average molecular weight is 543 g/mol. The smallest absolute Gasteiger partial charge is 0.295 e. The van der Waals surface area contributed by atoms with Gasteiger partial charge in [-0.15, -0.1) is 0 Å². The van der Waals surface area contributed by atoms with Crippen LogP contribution in [0.3, 0.4) is 0 Å². The molecular weight excluding hydrogens is 502 g/mol. The molecule has 5 heterocycles. The molecular formula is C25H25N11O3. The van der Waals surface area contributed by atoms with E-state index in [2.05, 4.69) is 35.6 Å². The fourth-order valence-electron chi connectivity index (χ4n) is 3.60.